The van der Waals surface area contributed by atoms with Crippen molar-refractivity contribution < 1.29 is 9.32 Å². The molecule has 0 radical (unpaired) electrons. The Labute approximate surface area is 224 Å². The van der Waals surface area contributed by atoms with Crippen LogP contribution in [-0.4, -0.2) is 69.7 Å². The highest BCUT2D eigenvalue weighted by atomic mass is 32.1. The molecule has 4 aromatic heterocycles. The number of hydrogen-bond acceptors (Lipinski definition) is 9. The zero-order chi connectivity index (χ0) is 27.0. The van der Waals surface area contributed by atoms with Crippen LogP contribution >= 0.6 is 11.3 Å². The molecule has 198 valence electrons. The van der Waals surface area contributed by atoms with Crippen molar-refractivity contribution in [2.75, 3.05) is 49.8 Å². The van der Waals surface area contributed by atoms with Crippen LogP contribution in [0.15, 0.2) is 47.2 Å². The van der Waals surface area contributed by atoms with Crippen LogP contribution in [0.1, 0.15) is 26.5 Å². The van der Waals surface area contributed by atoms with Gasteiger partial charge in [-0.25, -0.2) is 19.7 Å². The van der Waals surface area contributed by atoms with Crippen LogP contribution in [0.3, 0.4) is 0 Å². The zero-order valence-corrected chi connectivity index (χ0v) is 23.1. The van der Waals surface area contributed by atoms with Crippen LogP contribution in [-0.2, 0) is 5.41 Å². The normalized spacial score (nSPS) is 12.0. The van der Waals surface area contributed by atoms with E-state index in [4.69, 9.17) is 14.5 Å². The van der Waals surface area contributed by atoms with E-state index in [2.05, 4.69) is 30.6 Å². The van der Waals surface area contributed by atoms with Crippen LogP contribution < -0.4 is 15.5 Å². The Morgan fingerprint density at radius 1 is 1.08 bits per heavy atom. The lowest BCUT2D eigenvalue weighted by Crippen LogP contribution is -2.29. The van der Waals surface area contributed by atoms with E-state index in [1.807, 2.05) is 83.0 Å². The van der Waals surface area contributed by atoms with Gasteiger partial charge in [0.2, 0.25) is 5.95 Å². The lowest BCUT2D eigenvalue weighted by atomic mass is 9.93. The predicted molar refractivity (Wildman–Crippen MR) is 151 cm³/mol. The van der Waals surface area contributed by atoms with Crippen LogP contribution in [0.2, 0.25) is 0 Å². The number of anilines is 3. The Morgan fingerprint density at radius 3 is 2.53 bits per heavy atom. The summed E-state index contributed by atoms with van der Waals surface area (Å²) in [4.78, 5) is 32.4. The second-order valence-corrected chi connectivity index (χ2v) is 11.4. The predicted octanol–water partition coefficient (Wildman–Crippen LogP) is 4.93. The number of imidazole rings is 1. The van der Waals surface area contributed by atoms with Gasteiger partial charge in [-0.1, -0.05) is 49.4 Å². The van der Waals surface area contributed by atoms with Gasteiger partial charge in [-0.05, 0) is 26.2 Å². The number of carbonyl (C=O) groups is 1. The molecule has 0 atom stereocenters. The molecule has 5 rings (SSSR count). The lowest BCUT2D eigenvalue weighted by molar-refractivity contribution is 0.262. The first kappa shape index (κ1) is 25.6. The molecule has 0 aliphatic rings. The van der Waals surface area contributed by atoms with Gasteiger partial charge in [-0.3, -0.25) is 9.72 Å². The minimum absolute atomic E-state index is 0.189. The Bertz CT molecular complexity index is 1580. The first-order valence-corrected chi connectivity index (χ1v) is 13.0. The first-order chi connectivity index (χ1) is 18.1. The number of rotatable bonds is 7. The van der Waals surface area contributed by atoms with Crippen molar-refractivity contribution in [1.29, 1.82) is 0 Å². The summed E-state index contributed by atoms with van der Waals surface area (Å²) in [5, 5.41) is 9.42. The fourth-order valence-electron chi connectivity index (χ4n) is 3.75. The molecule has 0 unspecified atom stereocenters. The van der Waals surface area contributed by atoms with Crippen molar-refractivity contribution in [3.63, 3.8) is 0 Å². The highest BCUT2D eigenvalue weighted by molar-refractivity contribution is 7.23. The molecule has 0 saturated carbocycles. The molecule has 0 bridgehead atoms. The van der Waals surface area contributed by atoms with Gasteiger partial charge in [0.25, 0.3) is 0 Å². The summed E-state index contributed by atoms with van der Waals surface area (Å²) in [5.74, 6) is 1.77. The molecule has 0 saturated heterocycles. The topological polar surface area (TPSA) is 117 Å². The average molecular weight is 534 g/mol. The molecule has 11 nitrogen and oxygen atoms in total. The maximum Gasteiger partial charge on any atom is 0.324 e. The number of benzene rings is 1. The molecule has 0 aliphatic carbocycles. The van der Waals surface area contributed by atoms with E-state index in [0.29, 0.717) is 23.2 Å². The Morgan fingerprint density at radius 2 is 1.84 bits per heavy atom. The molecule has 5 aromatic rings. The SMILES string of the molecule is CN(C)CCN(C)c1ncc2c(n1)sc1nc(-c3ccc(NC(=O)Nc4cc(C(C)(C)C)on4)cc3)cn12. The number of nitrogens with zero attached hydrogens (tertiary/aromatic N) is 7. The molecule has 0 spiro atoms. The van der Waals surface area contributed by atoms with Gasteiger partial charge in [-0.2, -0.15) is 0 Å². The van der Waals surface area contributed by atoms with Crippen molar-refractivity contribution in [2.45, 2.75) is 26.2 Å². The maximum atomic E-state index is 12.4. The van der Waals surface area contributed by atoms with Crippen molar-refractivity contribution in [3.05, 3.63) is 48.5 Å². The Kier molecular flexibility index (Phi) is 6.76. The minimum atomic E-state index is -0.396. The van der Waals surface area contributed by atoms with E-state index < -0.39 is 6.03 Å². The number of urea groups is 1. The summed E-state index contributed by atoms with van der Waals surface area (Å²) in [5.41, 5.74) is 3.15. The first-order valence-electron chi connectivity index (χ1n) is 12.2. The molecule has 0 fully saturated rings. The van der Waals surface area contributed by atoms with E-state index in [-0.39, 0.29) is 5.41 Å². The fraction of sp³-hybridized carbons (Fsp3) is 0.346. The lowest BCUT2D eigenvalue weighted by Gasteiger charge is -2.19. The molecule has 2 amide bonds. The smallest absolute Gasteiger partial charge is 0.324 e. The number of fused-ring (bicyclic) bond motifs is 3. The second kappa shape index (κ2) is 10.0. The average Bonchev–Trinajstić information content (AvgIpc) is 3.57. The van der Waals surface area contributed by atoms with E-state index in [1.54, 1.807) is 6.07 Å². The summed E-state index contributed by atoms with van der Waals surface area (Å²) < 4.78 is 7.33. The third-order valence-corrected chi connectivity index (χ3v) is 6.96. The Balaban J connectivity index is 1.26. The van der Waals surface area contributed by atoms with Gasteiger partial charge in [0, 0.05) is 49.1 Å². The van der Waals surface area contributed by atoms with Gasteiger partial charge < -0.3 is 19.6 Å². The van der Waals surface area contributed by atoms with E-state index in [0.717, 1.165) is 39.7 Å². The summed E-state index contributed by atoms with van der Waals surface area (Å²) in [6, 6.07) is 8.85. The molecule has 2 N–H and O–H groups in total. The van der Waals surface area contributed by atoms with Crippen molar-refractivity contribution in [3.8, 4) is 11.3 Å². The van der Waals surface area contributed by atoms with E-state index >= 15 is 0 Å². The largest absolute Gasteiger partial charge is 0.359 e. The van der Waals surface area contributed by atoms with Gasteiger partial charge in [0.1, 0.15) is 16.1 Å². The van der Waals surface area contributed by atoms with Gasteiger partial charge >= 0.3 is 6.03 Å². The Hall–Kier alpha value is -4.03. The van der Waals surface area contributed by atoms with Crippen LogP contribution in [0.4, 0.5) is 22.2 Å². The number of likely N-dealkylation sites (N-methyl/N-ethyl adjacent to an activating group) is 2. The van der Waals surface area contributed by atoms with Crippen LogP contribution in [0.25, 0.3) is 26.6 Å². The molecule has 0 aliphatic heterocycles. The highest BCUT2D eigenvalue weighted by Gasteiger charge is 2.20. The standard InChI is InChI=1S/C26H31N9O2S/c1-26(2,3)20-13-21(32-37-20)30-24(36)28-17-9-7-16(8-10-17)18-15-35-19-14-27-23(34(6)12-11-33(4)5)31-22(19)38-25(35)29-18/h7-10,13-15H,11-12H2,1-6H3,(H2,28,30,32,36). The molecule has 4 heterocycles. The number of hydrogen-bond donors (Lipinski definition) is 2. The molecule has 38 heavy (non-hydrogen) atoms. The summed E-state index contributed by atoms with van der Waals surface area (Å²) in [6.07, 6.45) is 3.84. The van der Waals surface area contributed by atoms with E-state index in [9.17, 15) is 4.79 Å². The van der Waals surface area contributed by atoms with Crippen molar-refractivity contribution in [2.24, 2.45) is 0 Å². The van der Waals surface area contributed by atoms with Crippen molar-refractivity contribution >= 4 is 50.1 Å². The van der Waals surface area contributed by atoms with Crippen LogP contribution in [0.5, 0.6) is 0 Å². The maximum absolute atomic E-state index is 12.4. The molecule has 12 heteroatoms. The number of carbonyl (C=O) groups excluding carboxylic acids is 1. The second-order valence-electron chi connectivity index (χ2n) is 10.4. The zero-order valence-electron chi connectivity index (χ0n) is 22.3. The monoisotopic (exact) mass is 533 g/mol. The number of aromatic nitrogens is 5. The highest BCUT2D eigenvalue weighted by Crippen LogP contribution is 2.29. The van der Waals surface area contributed by atoms with Gasteiger partial charge in [-0.15, -0.1) is 0 Å². The fourth-order valence-corrected chi connectivity index (χ4v) is 4.70. The quantitative estimate of drug-likeness (QED) is 0.302. The molecular weight excluding hydrogens is 502 g/mol. The number of nitrogens with one attached hydrogen (secondary N) is 2. The number of amides is 2. The van der Waals surface area contributed by atoms with Gasteiger partial charge in [0.15, 0.2) is 10.8 Å². The number of thiazole rings is 1. The summed E-state index contributed by atoms with van der Waals surface area (Å²) >= 11 is 1.53. The summed E-state index contributed by atoms with van der Waals surface area (Å²) in [6.45, 7) is 7.82. The molecular formula is C26H31N9O2S. The van der Waals surface area contributed by atoms with E-state index in [1.165, 1.54) is 11.3 Å². The third-order valence-electron chi connectivity index (χ3n) is 6.00. The summed E-state index contributed by atoms with van der Waals surface area (Å²) in [7, 11) is 6.10. The molecule has 1 aromatic carbocycles. The third kappa shape index (κ3) is 5.46. The van der Waals surface area contributed by atoms with Crippen LogP contribution in [0, 0.1) is 0 Å². The van der Waals surface area contributed by atoms with Gasteiger partial charge in [0.05, 0.1) is 11.9 Å². The minimum Gasteiger partial charge on any atom is -0.359 e. The van der Waals surface area contributed by atoms with Crippen molar-refractivity contribution in [1.82, 2.24) is 29.4 Å².